The summed E-state index contributed by atoms with van der Waals surface area (Å²) < 4.78 is 0. The molecule has 0 heterocycles. The van der Waals surface area contributed by atoms with Crippen LogP contribution in [0, 0.1) is 0 Å². The van der Waals surface area contributed by atoms with Gasteiger partial charge in [0.1, 0.15) is 0 Å². The minimum atomic E-state index is -0.882. The van der Waals surface area contributed by atoms with Crippen molar-refractivity contribution in [1.29, 1.82) is 0 Å². The second-order valence-corrected chi connectivity index (χ2v) is 3.78. The van der Waals surface area contributed by atoms with Crippen molar-refractivity contribution in [2.24, 2.45) is 0 Å². The first-order valence-corrected chi connectivity index (χ1v) is 5.42. The third-order valence-electron chi connectivity index (χ3n) is 1.83. The molecule has 0 aliphatic heterocycles. The quantitative estimate of drug-likeness (QED) is 0.797. The molecule has 0 saturated heterocycles. The minimum absolute atomic E-state index is 0.0542. The molecule has 1 N–H and O–H groups in total. The molecule has 0 radical (unpaired) electrons. The van der Waals surface area contributed by atoms with Gasteiger partial charge in [-0.1, -0.05) is 29.8 Å². The fourth-order valence-corrected chi connectivity index (χ4v) is 1.48. The van der Waals surface area contributed by atoms with Crippen molar-refractivity contribution < 1.29 is 9.90 Å². The number of thiol groups is 1. The van der Waals surface area contributed by atoms with Gasteiger partial charge in [0, 0.05) is 10.8 Å². The largest absolute Gasteiger partial charge is 0.481 e. The van der Waals surface area contributed by atoms with Gasteiger partial charge in [-0.25, -0.2) is 0 Å². The van der Waals surface area contributed by atoms with Gasteiger partial charge in [0.25, 0.3) is 0 Å². The molecule has 2 nitrogen and oxygen atoms in total. The molecule has 0 aliphatic rings. The SMILES string of the molecule is O=C(O)Cc1cc(C=CCS)ccc1Cl. The van der Waals surface area contributed by atoms with Crippen LogP contribution in [-0.4, -0.2) is 16.8 Å². The third-order valence-corrected chi connectivity index (χ3v) is 2.41. The van der Waals surface area contributed by atoms with Gasteiger partial charge in [0.05, 0.1) is 6.42 Å². The molecule has 1 aromatic rings. The summed E-state index contributed by atoms with van der Waals surface area (Å²) in [4.78, 5) is 10.6. The van der Waals surface area contributed by atoms with E-state index in [1.165, 1.54) is 0 Å². The molecule has 15 heavy (non-hydrogen) atoms. The van der Waals surface area contributed by atoms with Crippen molar-refractivity contribution in [2.45, 2.75) is 6.42 Å². The Morgan fingerprint density at radius 2 is 2.27 bits per heavy atom. The summed E-state index contributed by atoms with van der Waals surface area (Å²) in [6.45, 7) is 0. The van der Waals surface area contributed by atoms with E-state index in [0.717, 1.165) is 5.56 Å². The molecule has 1 aromatic carbocycles. The molecule has 0 aliphatic carbocycles. The lowest BCUT2D eigenvalue weighted by atomic mass is 10.1. The van der Waals surface area contributed by atoms with E-state index in [2.05, 4.69) is 12.6 Å². The molecule has 4 heteroatoms. The monoisotopic (exact) mass is 242 g/mol. The van der Waals surface area contributed by atoms with E-state index < -0.39 is 5.97 Å². The van der Waals surface area contributed by atoms with Gasteiger partial charge in [-0.15, -0.1) is 0 Å². The summed E-state index contributed by atoms with van der Waals surface area (Å²) in [7, 11) is 0. The van der Waals surface area contributed by atoms with Crippen LogP contribution < -0.4 is 0 Å². The smallest absolute Gasteiger partial charge is 0.307 e. The van der Waals surface area contributed by atoms with E-state index in [1.807, 2.05) is 18.2 Å². The Hall–Kier alpha value is -0.930. The Kier molecular flexibility index (Phi) is 4.72. The zero-order chi connectivity index (χ0) is 11.3. The molecule has 0 unspecified atom stereocenters. The Morgan fingerprint density at radius 1 is 1.53 bits per heavy atom. The molecular formula is C11H11ClO2S. The zero-order valence-electron chi connectivity index (χ0n) is 7.98. The summed E-state index contributed by atoms with van der Waals surface area (Å²) in [5.74, 6) is -0.233. The first-order chi connectivity index (χ1) is 7.13. The normalized spacial score (nSPS) is 10.8. The highest BCUT2D eigenvalue weighted by Gasteiger charge is 2.05. The number of rotatable bonds is 4. The summed E-state index contributed by atoms with van der Waals surface area (Å²) in [6.07, 6.45) is 3.72. The van der Waals surface area contributed by atoms with Gasteiger partial charge < -0.3 is 5.11 Å². The molecule has 0 atom stereocenters. The highest BCUT2D eigenvalue weighted by molar-refractivity contribution is 7.80. The fraction of sp³-hybridized carbons (Fsp3) is 0.182. The molecular weight excluding hydrogens is 232 g/mol. The van der Waals surface area contributed by atoms with Crippen LogP contribution in [0.2, 0.25) is 5.02 Å². The van der Waals surface area contributed by atoms with E-state index in [1.54, 1.807) is 12.1 Å². The molecule has 0 amide bonds. The van der Waals surface area contributed by atoms with Crippen LogP contribution in [0.15, 0.2) is 24.3 Å². The Morgan fingerprint density at radius 3 is 2.87 bits per heavy atom. The van der Waals surface area contributed by atoms with Crippen LogP contribution in [0.5, 0.6) is 0 Å². The van der Waals surface area contributed by atoms with Crippen molar-refractivity contribution in [3.63, 3.8) is 0 Å². The van der Waals surface area contributed by atoms with Gasteiger partial charge in [0.15, 0.2) is 0 Å². The van der Waals surface area contributed by atoms with Crippen LogP contribution in [-0.2, 0) is 11.2 Å². The fourth-order valence-electron chi connectivity index (χ4n) is 1.19. The van der Waals surface area contributed by atoms with Gasteiger partial charge in [0.2, 0.25) is 0 Å². The lowest BCUT2D eigenvalue weighted by Crippen LogP contribution is -2.00. The molecule has 80 valence electrons. The van der Waals surface area contributed by atoms with Crippen LogP contribution >= 0.6 is 24.2 Å². The van der Waals surface area contributed by atoms with Crippen molar-refractivity contribution in [1.82, 2.24) is 0 Å². The van der Waals surface area contributed by atoms with Crippen molar-refractivity contribution in [3.8, 4) is 0 Å². The van der Waals surface area contributed by atoms with E-state index in [9.17, 15) is 4.79 Å². The van der Waals surface area contributed by atoms with Crippen molar-refractivity contribution >= 4 is 36.3 Å². The summed E-state index contributed by atoms with van der Waals surface area (Å²) in [5, 5.41) is 9.16. The minimum Gasteiger partial charge on any atom is -0.481 e. The lowest BCUT2D eigenvalue weighted by molar-refractivity contribution is -0.136. The molecule has 1 rings (SSSR count). The van der Waals surface area contributed by atoms with E-state index in [4.69, 9.17) is 16.7 Å². The number of halogens is 1. The number of aliphatic carboxylic acids is 1. The molecule has 0 fully saturated rings. The van der Waals surface area contributed by atoms with Crippen LogP contribution in [0.3, 0.4) is 0 Å². The van der Waals surface area contributed by atoms with Crippen molar-refractivity contribution in [2.75, 3.05) is 5.75 Å². The maximum atomic E-state index is 10.6. The predicted octanol–water partition coefficient (Wildman–Crippen LogP) is 2.91. The number of carbonyl (C=O) groups is 1. The molecule has 0 saturated carbocycles. The number of benzene rings is 1. The highest BCUT2D eigenvalue weighted by atomic mass is 35.5. The highest BCUT2D eigenvalue weighted by Crippen LogP contribution is 2.19. The molecule has 0 spiro atoms. The van der Waals surface area contributed by atoms with E-state index >= 15 is 0 Å². The second-order valence-electron chi connectivity index (χ2n) is 3.01. The average Bonchev–Trinajstić information content (AvgIpc) is 2.18. The number of hydrogen-bond acceptors (Lipinski definition) is 2. The number of carboxylic acid groups (broad SMARTS) is 1. The Labute approximate surface area is 99.0 Å². The third kappa shape index (κ3) is 3.98. The Balaban J connectivity index is 2.94. The summed E-state index contributed by atoms with van der Waals surface area (Å²) in [5.41, 5.74) is 1.56. The van der Waals surface area contributed by atoms with Gasteiger partial charge >= 0.3 is 5.97 Å². The van der Waals surface area contributed by atoms with Crippen molar-refractivity contribution in [3.05, 3.63) is 40.4 Å². The summed E-state index contributed by atoms with van der Waals surface area (Å²) in [6, 6.07) is 5.32. The van der Waals surface area contributed by atoms with Crippen LogP contribution in [0.1, 0.15) is 11.1 Å². The maximum absolute atomic E-state index is 10.6. The zero-order valence-corrected chi connectivity index (χ0v) is 9.63. The molecule has 0 bridgehead atoms. The van der Waals surface area contributed by atoms with Crippen LogP contribution in [0.25, 0.3) is 6.08 Å². The van der Waals surface area contributed by atoms with Gasteiger partial charge in [-0.2, -0.15) is 12.6 Å². The van der Waals surface area contributed by atoms with Crippen LogP contribution in [0.4, 0.5) is 0 Å². The molecule has 0 aromatic heterocycles. The average molecular weight is 243 g/mol. The number of carboxylic acids is 1. The predicted molar refractivity (Wildman–Crippen MR) is 65.7 cm³/mol. The number of hydrogen-bond donors (Lipinski definition) is 2. The van der Waals surface area contributed by atoms with Gasteiger partial charge in [-0.3, -0.25) is 4.79 Å². The first-order valence-electron chi connectivity index (χ1n) is 4.41. The second kappa shape index (κ2) is 5.83. The first kappa shape index (κ1) is 12.1. The lowest BCUT2D eigenvalue weighted by Gasteiger charge is -2.02. The topological polar surface area (TPSA) is 37.3 Å². The standard InChI is InChI=1S/C11H11ClO2S/c12-10-4-3-8(2-1-5-15)6-9(10)7-11(13)14/h1-4,6,15H,5,7H2,(H,13,14). The summed E-state index contributed by atoms with van der Waals surface area (Å²) >= 11 is 9.92. The van der Waals surface area contributed by atoms with E-state index in [-0.39, 0.29) is 6.42 Å². The Bertz CT molecular complexity index is 388. The van der Waals surface area contributed by atoms with Gasteiger partial charge in [-0.05, 0) is 23.3 Å². The maximum Gasteiger partial charge on any atom is 0.307 e. The van der Waals surface area contributed by atoms with E-state index in [0.29, 0.717) is 16.3 Å².